The third kappa shape index (κ3) is 3.50. The Morgan fingerprint density at radius 3 is 2.80 bits per heavy atom. The number of carbonyl (C=O) groups is 1. The molecule has 0 saturated heterocycles. The van der Waals surface area contributed by atoms with Crippen LogP contribution in [0.4, 0.5) is 0 Å². The summed E-state index contributed by atoms with van der Waals surface area (Å²) in [5.41, 5.74) is 3.56. The lowest BCUT2D eigenvalue weighted by Gasteiger charge is -2.35. The number of fused-ring (bicyclic) bond motifs is 1. The molecule has 1 aromatic carbocycles. The highest BCUT2D eigenvalue weighted by Crippen LogP contribution is 2.34. The smallest absolute Gasteiger partial charge is 0.254 e. The fraction of sp³-hybridized carbons (Fsp3) is 0.348. The average Bonchev–Trinajstić information content (AvgIpc) is 3.39. The minimum atomic E-state index is -0.439. The van der Waals surface area contributed by atoms with Crippen LogP contribution < -0.4 is 0 Å². The zero-order chi connectivity index (χ0) is 20.7. The molecule has 1 saturated carbocycles. The molecule has 2 aliphatic rings. The fourth-order valence-corrected chi connectivity index (χ4v) is 4.79. The minimum Gasteiger partial charge on any atom is -0.391 e. The zero-order valence-electron chi connectivity index (χ0n) is 16.5. The fourth-order valence-electron chi connectivity index (χ4n) is 4.54. The SMILES string of the molecule is O=C1c2cc(Cc3ccc(-n4cccn4)nc3)c(Cl)cc2CN1[C@H]1CCCC[C@@H]1O. The number of hydrogen-bond donors (Lipinski definition) is 1. The quantitative estimate of drug-likeness (QED) is 0.694. The highest BCUT2D eigenvalue weighted by molar-refractivity contribution is 6.31. The minimum absolute atomic E-state index is 0.000946. The third-order valence-corrected chi connectivity index (χ3v) is 6.49. The molecule has 154 valence electrons. The van der Waals surface area contributed by atoms with Gasteiger partial charge in [-0.1, -0.05) is 30.5 Å². The van der Waals surface area contributed by atoms with Crippen LogP contribution in [0.15, 0.2) is 48.9 Å². The van der Waals surface area contributed by atoms with Gasteiger partial charge in [0.1, 0.15) is 0 Å². The topological polar surface area (TPSA) is 71.2 Å². The summed E-state index contributed by atoms with van der Waals surface area (Å²) in [6.07, 6.45) is 9.22. The number of benzene rings is 1. The van der Waals surface area contributed by atoms with E-state index in [1.165, 1.54) is 0 Å². The van der Waals surface area contributed by atoms with Crippen molar-refractivity contribution >= 4 is 17.5 Å². The van der Waals surface area contributed by atoms with Crippen LogP contribution in [0.1, 0.15) is 52.7 Å². The predicted octanol–water partition coefficient (Wildman–Crippen LogP) is 3.77. The van der Waals surface area contributed by atoms with E-state index in [1.807, 2.05) is 47.6 Å². The van der Waals surface area contributed by atoms with Gasteiger partial charge in [0.15, 0.2) is 5.82 Å². The molecular formula is C23H23ClN4O2. The Bertz CT molecular complexity index is 1070. The van der Waals surface area contributed by atoms with Crippen molar-refractivity contribution in [1.82, 2.24) is 19.7 Å². The van der Waals surface area contributed by atoms with Gasteiger partial charge in [-0.15, -0.1) is 0 Å². The van der Waals surface area contributed by atoms with Crippen LogP contribution in [0.25, 0.3) is 5.82 Å². The molecule has 2 aromatic heterocycles. The molecule has 1 aliphatic carbocycles. The molecule has 0 unspecified atom stereocenters. The van der Waals surface area contributed by atoms with Gasteiger partial charge in [-0.05, 0) is 53.8 Å². The van der Waals surface area contributed by atoms with E-state index >= 15 is 0 Å². The average molecular weight is 423 g/mol. The van der Waals surface area contributed by atoms with E-state index in [1.54, 1.807) is 10.9 Å². The monoisotopic (exact) mass is 422 g/mol. The van der Waals surface area contributed by atoms with Crippen LogP contribution in [0, 0.1) is 0 Å². The van der Waals surface area contributed by atoms with E-state index in [4.69, 9.17) is 11.6 Å². The van der Waals surface area contributed by atoms with Gasteiger partial charge in [-0.25, -0.2) is 9.67 Å². The number of aromatic nitrogens is 3. The molecule has 5 rings (SSSR count). The van der Waals surface area contributed by atoms with Gasteiger partial charge in [0.05, 0.1) is 12.1 Å². The molecule has 0 radical (unpaired) electrons. The van der Waals surface area contributed by atoms with E-state index in [2.05, 4.69) is 10.1 Å². The Labute approximate surface area is 180 Å². The Morgan fingerprint density at radius 2 is 2.07 bits per heavy atom. The highest BCUT2D eigenvalue weighted by atomic mass is 35.5. The number of rotatable bonds is 4. The highest BCUT2D eigenvalue weighted by Gasteiger charge is 2.37. The second kappa shape index (κ2) is 7.85. The molecule has 1 fully saturated rings. The van der Waals surface area contributed by atoms with Crippen molar-refractivity contribution in [3.63, 3.8) is 0 Å². The summed E-state index contributed by atoms with van der Waals surface area (Å²) in [6.45, 7) is 0.524. The van der Waals surface area contributed by atoms with E-state index in [0.29, 0.717) is 23.6 Å². The molecule has 6 nitrogen and oxygen atoms in total. The Balaban J connectivity index is 1.37. The van der Waals surface area contributed by atoms with Gasteiger partial charge in [-0.3, -0.25) is 4.79 Å². The van der Waals surface area contributed by atoms with Crippen LogP contribution >= 0.6 is 11.6 Å². The third-order valence-electron chi connectivity index (χ3n) is 6.14. The maximum absolute atomic E-state index is 13.1. The number of amides is 1. The van der Waals surface area contributed by atoms with Crippen molar-refractivity contribution in [2.24, 2.45) is 0 Å². The molecule has 0 bridgehead atoms. The standard InChI is InChI=1S/C23H23ClN4O2/c24-19-12-17-14-27(20-4-1-2-5-21(20)29)23(30)18(17)11-16(19)10-15-6-7-22(25-13-15)28-9-3-8-26-28/h3,6-9,11-13,20-21,29H,1-2,4-5,10,14H2/t20-,21-/m0/s1. The normalized spacial score (nSPS) is 21.1. The molecule has 3 heterocycles. The van der Waals surface area contributed by atoms with Crippen molar-refractivity contribution in [3.05, 3.63) is 76.2 Å². The van der Waals surface area contributed by atoms with Crippen LogP contribution in [0.2, 0.25) is 5.02 Å². The number of pyridine rings is 1. The Morgan fingerprint density at radius 1 is 1.20 bits per heavy atom. The van der Waals surface area contributed by atoms with Gasteiger partial charge in [0.25, 0.3) is 5.91 Å². The first-order chi connectivity index (χ1) is 14.6. The second-order valence-corrected chi connectivity index (χ2v) is 8.51. The summed E-state index contributed by atoms with van der Waals surface area (Å²) < 4.78 is 1.71. The number of hydrogen-bond acceptors (Lipinski definition) is 4. The first-order valence-corrected chi connectivity index (χ1v) is 10.7. The predicted molar refractivity (Wildman–Crippen MR) is 114 cm³/mol. The Hall–Kier alpha value is -2.70. The molecule has 1 aliphatic heterocycles. The summed E-state index contributed by atoms with van der Waals surface area (Å²) in [7, 11) is 0. The van der Waals surface area contributed by atoms with Gasteiger partial charge in [0, 0.05) is 42.1 Å². The summed E-state index contributed by atoms with van der Waals surface area (Å²) in [5, 5.41) is 15.2. The summed E-state index contributed by atoms with van der Waals surface area (Å²) in [6, 6.07) is 9.50. The second-order valence-electron chi connectivity index (χ2n) is 8.11. The maximum Gasteiger partial charge on any atom is 0.254 e. The van der Waals surface area contributed by atoms with E-state index in [9.17, 15) is 9.90 Å². The first-order valence-electron chi connectivity index (χ1n) is 10.4. The van der Waals surface area contributed by atoms with Gasteiger partial charge < -0.3 is 10.0 Å². The van der Waals surface area contributed by atoms with Crippen LogP contribution in [-0.2, 0) is 13.0 Å². The number of carbonyl (C=O) groups excluding carboxylic acids is 1. The number of nitrogens with zero attached hydrogens (tertiary/aromatic N) is 4. The van der Waals surface area contributed by atoms with Gasteiger partial charge >= 0.3 is 0 Å². The molecule has 1 amide bonds. The van der Waals surface area contributed by atoms with Gasteiger partial charge in [0.2, 0.25) is 0 Å². The maximum atomic E-state index is 13.1. The Kier molecular flexibility index (Phi) is 5.05. The lowest BCUT2D eigenvalue weighted by molar-refractivity contribution is 0.0191. The van der Waals surface area contributed by atoms with Crippen molar-refractivity contribution in [2.75, 3.05) is 0 Å². The lowest BCUT2D eigenvalue weighted by Crippen LogP contribution is -2.45. The summed E-state index contributed by atoms with van der Waals surface area (Å²) in [4.78, 5) is 19.4. The zero-order valence-corrected chi connectivity index (χ0v) is 17.3. The largest absolute Gasteiger partial charge is 0.391 e. The molecule has 7 heteroatoms. The number of aliphatic hydroxyl groups is 1. The number of halogens is 1. The van der Waals surface area contributed by atoms with E-state index < -0.39 is 6.10 Å². The molecule has 3 aromatic rings. The molecule has 2 atom stereocenters. The summed E-state index contributed by atoms with van der Waals surface area (Å²) in [5.74, 6) is 0.752. The van der Waals surface area contributed by atoms with Crippen LogP contribution in [-0.4, -0.2) is 42.8 Å². The van der Waals surface area contributed by atoms with Crippen molar-refractivity contribution in [1.29, 1.82) is 0 Å². The molecule has 30 heavy (non-hydrogen) atoms. The number of aliphatic hydroxyl groups excluding tert-OH is 1. The van der Waals surface area contributed by atoms with Crippen molar-refractivity contribution < 1.29 is 9.90 Å². The molecule has 1 N–H and O–H groups in total. The van der Waals surface area contributed by atoms with Crippen LogP contribution in [0.5, 0.6) is 0 Å². The summed E-state index contributed by atoms with van der Waals surface area (Å²) >= 11 is 6.57. The van der Waals surface area contributed by atoms with Crippen molar-refractivity contribution in [3.8, 4) is 5.82 Å². The van der Waals surface area contributed by atoms with Crippen molar-refractivity contribution in [2.45, 2.75) is 50.8 Å². The lowest BCUT2D eigenvalue weighted by atomic mass is 9.91. The first kappa shape index (κ1) is 19.3. The van der Waals surface area contributed by atoms with Gasteiger partial charge in [-0.2, -0.15) is 5.10 Å². The molecule has 0 spiro atoms. The van der Waals surface area contributed by atoms with E-state index in [-0.39, 0.29) is 11.9 Å². The van der Waals surface area contributed by atoms with E-state index in [0.717, 1.165) is 48.2 Å². The molecular weight excluding hydrogens is 400 g/mol. The van der Waals surface area contributed by atoms with Crippen LogP contribution in [0.3, 0.4) is 0 Å².